The highest BCUT2D eigenvalue weighted by Gasteiger charge is 2.78. The quantitative estimate of drug-likeness (QED) is 0.402. The number of amides is 3. The Hall–Kier alpha value is -2.58. The van der Waals surface area contributed by atoms with Crippen LogP contribution in [0.2, 0.25) is 0 Å². The van der Waals surface area contributed by atoms with Gasteiger partial charge in [0, 0.05) is 30.6 Å². The number of anilines is 1. The number of hydrogen-bond acceptors (Lipinski definition) is 5. The van der Waals surface area contributed by atoms with E-state index in [0.29, 0.717) is 25.9 Å². The van der Waals surface area contributed by atoms with E-state index in [4.69, 9.17) is 0 Å². The summed E-state index contributed by atoms with van der Waals surface area (Å²) in [5, 5.41) is 10.6. The number of aryl methyl sites for hydroxylation is 2. The summed E-state index contributed by atoms with van der Waals surface area (Å²) in [6.07, 6.45) is 5.38. The van der Waals surface area contributed by atoms with Crippen LogP contribution in [0.4, 0.5) is 5.69 Å². The van der Waals surface area contributed by atoms with Crippen molar-refractivity contribution in [3.8, 4) is 0 Å². The van der Waals surface area contributed by atoms with Gasteiger partial charge in [-0.15, -0.1) is 24.9 Å². The molecule has 218 valence electrons. The lowest BCUT2D eigenvalue weighted by Gasteiger charge is -2.40. The van der Waals surface area contributed by atoms with Gasteiger partial charge in [-0.2, -0.15) is 0 Å². The number of hydrogen-bond donors (Lipinski definition) is 1. The summed E-state index contributed by atoms with van der Waals surface area (Å²) >= 11 is 1.66. The number of carbonyl (C=O) groups excluding carboxylic acids is 3. The highest BCUT2D eigenvalue weighted by atomic mass is 32.2. The Kier molecular flexibility index (Phi) is 8.63. The first-order valence-corrected chi connectivity index (χ1v) is 15.2. The number of aliphatic hydroxyl groups excluding tert-OH is 1. The number of likely N-dealkylation sites (tertiary alicyclic amines) is 1. The Morgan fingerprint density at radius 3 is 2.45 bits per heavy atom. The Balaban J connectivity index is 1.88. The monoisotopic (exact) mass is 567 g/mol. The van der Waals surface area contributed by atoms with Gasteiger partial charge in [-0.05, 0) is 63.1 Å². The fraction of sp³-hybridized carbons (Fsp3) is 0.594. The minimum absolute atomic E-state index is 0.0789. The van der Waals surface area contributed by atoms with Crippen molar-refractivity contribution < 1.29 is 19.5 Å². The average molecular weight is 568 g/mol. The number of carbonyl (C=O) groups is 3. The molecule has 3 fully saturated rings. The predicted molar refractivity (Wildman–Crippen MR) is 162 cm³/mol. The molecule has 6 atom stereocenters. The molecule has 1 spiro atoms. The molecular weight excluding hydrogens is 522 g/mol. The van der Waals surface area contributed by atoms with E-state index in [1.165, 1.54) is 0 Å². The zero-order valence-electron chi connectivity index (χ0n) is 24.9. The van der Waals surface area contributed by atoms with Crippen LogP contribution in [0.25, 0.3) is 0 Å². The third kappa shape index (κ3) is 4.81. The van der Waals surface area contributed by atoms with Crippen molar-refractivity contribution >= 4 is 35.2 Å². The zero-order chi connectivity index (χ0) is 29.6. The first-order chi connectivity index (χ1) is 18.9. The molecule has 0 radical (unpaired) electrons. The van der Waals surface area contributed by atoms with Gasteiger partial charge in [0.05, 0.1) is 29.2 Å². The van der Waals surface area contributed by atoms with Crippen LogP contribution in [0.15, 0.2) is 43.5 Å². The Labute approximate surface area is 243 Å². The van der Waals surface area contributed by atoms with Crippen LogP contribution in [0.5, 0.6) is 0 Å². The van der Waals surface area contributed by atoms with Crippen LogP contribution >= 0.6 is 11.8 Å². The van der Waals surface area contributed by atoms with E-state index >= 15 is 0 Å². The molecule has 0 aromatic heterocycles. The van der Waals surface area contributed by atoms with Crippen LogP contribution in [-0.2, 0) is 14.4 Å². The summed E-state index contributed by atoms with van der Waals surface area (Å²) in [6.45, 7) is 18.3. The fourth-order valence-corrected chi connectivity index (χ4v) is 9.68. The van der Waals surface area contributed by atoms with Crippen LogP contribution in [0.3, 0.4) is 0 Å². The van der Waals surface area contributed by atoms with Gasteiger partial charge in [0.1, 0.15) is 6.04 Å². The molecule has 1 N–H and O–H groups in total. The zero-order valence-corrected chi connectivity index (χ0v) is 25.7. The molecular formula is C32H45N3O4S. The highest BCUT2D eigenvalue weighted by Crippen LogP contribution is 2.72. The number of rotatable bonds is 11. The number of likely N-dealkylation sites (N-methyl/N-ethyl adjacent to an activating group) is 1. The molecule has 7 nitrogen and oxygen atoms in total. The molecule has 2 unspecified atom stereocenters. The second kappa shape index (κ2) is 11.4. The van der Waals surface area contributed by atoms with Crippen molar-refractivity contribution in [1.29, 1.82) is 0 Å². The summed E-state index contributed by atoms with van der Waals surface area (Å²) in [4.78, 5) is 48.4. The van der Waals surface area contributed by atoms with Crippen LogP contribution in [0, 0.1) is 31.6 Å². The Morgan fingerprint density at radius 1 is 1.18 bits per heavy atom. The van der Waals surface area contributed by atoms with Crippen LogP contribution < -0.4 is 4.90 Å². The molecule has 4 rings (SSSR count). The molecule has 3 heterocycles. The lowest BCUT2D eigenvalue weighted by atomic mass is 9.66. The molecule has 8 heteroatoms. The van der Waals surface area contributed by atoms with Crippen molar-refractivity contribution in [2.75, 3.05) is 31.6 Å². The Bertz CT molecular complexity index is 1200. The first-order valence-electron chi connectivity index (χ1n) is 14.4. The standard InChI is InChI=1S/C32H45N3O4S/c1-9-15-33(8)28(37)25-26-29(38)35(23(19-36)17-20(3)4)27(32(26)14-13-31(25,7)40-32)30(39)34(16-10-2)24-18-21(5)11-12-22(24)6/h9-12,18,20,23,25-27,36H,1-2,13-17,19H2,3-8H3/t23-,25+,26+,27?,31-,32?/m1/s1. The van der Waals surface area contributed by atoms with Crippen molar-refractivity contribution in [3.05, 3.63) is 54.6 Å². The van der Waals surface area contributed by atoms with Gasteiger partial charge in [-0.3, -0.25) is 14.4 Å². The number of benzene rings is 1. The number of thioether (sulfide) groups is 1. The second-order valence-electron chi connectivity index (χ2n) is 12.5. The largest absolute Gasteiger partial charge is 0.394 e. The molecule has 0 aliphatic carbocycles. The first kappa shape index (κ1) is 30.4. The van der Waals surface area contributed by atoms with Gasteiger partial charge < -0.3 is 19.8 Å². The van der Waals surface area contributed by atoms with Crippen LogP contribution in [-0.4, -0.2) is 80.9 Å². The van der Waals surface area contributed by atoms with Crippen molar-refractivity contribution in [2.24, 2.45) is 17.8 Å². The van der Waals surface area contributed by atoms with Crippen molar-refractivity contribution in [1.82, 2.24) is 9.80 Å². The summed E-state index contributed by atoms with van der Waals surface area (Å²) in [5.41, 5.74) is 2.79. The lowest BCUT2D eigenvalue weighted by molar-refractivity contribution is -0.146. The normalized spacial score (nSPS) is 29.4. The molecule has 0 saturated carbocycles. The molecule has 3 amide bonds. The predicted octanol–water partition coefficient (Wildman–Crippen LogP) is 4.36. The molecule has 40 heavy (non-hydrogen) atoms. The van der Waals surface area contributed by atoms with Crippen molar-refractivity contribution in [3.63, 3.8) is 0 Å². The number of nitrogens with zero attached hydrogens (tertiary/aromatic N) is 3. The minimum atomic E-state index is -0.796. The number of fused-ring (bicyclic) bond motifs is 1. The van der Waals surface area contributed by atoms with E-state index in [9.17, 15) is 19.5 Å². The lowest BCUT2D eigenvalue weighted by Crippen LogP contribution is -2.58. The topological polar surface area (TPSA) is 81.2 Å². The van der Waals surface area contributed by atoms with E-state index < -0.39 is 33.4 Å². The molecule has 3 saturated heterocycles. The summed E-state index contributed by atoms with van der Waals surface area (Å²) in [6, 6.07) is 4.71. The van der Waals surface area contributed by atoms with Gasteiger partial charge in [0.2, 0.25) is 11.8 Å². The van der Waals surface area contributed by atoms with E-state index in [-0.39, 0.29) is 30.2 Å². The maximum absolute atomic E-state index is 14.9. The van der Waals surface area contributed by atoms with Crippen molar-refractivity contribution in [2.45, 2.75) is 75.5 Å². The highest BCUT2D eigenvalue weighted by molar-refractivity contribution is 8.02. The molecule has 2 bridgehead atoms. The van der Waals surface area contributed by atoms with Gasteiger partial charge >= 0.3 is 0 Å². The maximum Gasteiger partial charge on any atom is 0.251 e. The van der Waals surface area contributed by atoms with Crippen LogP contribution in [0.1, 0.15) is 51.2 Å². The molecule has 1 aromatic rings. The van der Waals surface area contributed by atoms with Gasteiger partial charge in [-0.1, -0.05) is 38.1 Å². The summed E-state index contributed by atoms with van der Waals surface area (Å²) < 4.78 is -1.20. The van der Waals surface area contributed by atoms with E-state index in [2.05, 4.69) is 33.9 Å². The number of aliphatic hydroxyl groups is 1. The van der Waals surface area contributed by atoms with E-state index in [1.807, 2.05) is 32.0 Å². The Morgan fingerprint density at radius 2 is 1.85 bits per heavy atom. The smallest absolute Gasteiger partial charge is 0.251 e. The van der Waals surface area contributed by atoms with E-state index in [1.54, 1.807) is 45.7 Å². The molecule has 1 aromatic carbocycles. The van der Waals surface area contributed by atoms with Gasteiger partial charge in [-0.25, -0.2) is 0 Å². The summed E-state index contributed by atoms with van der Waals surface area (Å²) in [5.74, 6) is -1.40. The average Bonchev–Trinajstić information content (AvgIpc) is 3.47. The fourth-order valence-electron chi connectivity index (χ4n) is 7.35. The summed E-state index contributed by atoms with van der Waals surface area (Å²) in [7, 11) is 1.75. The minimum Gasteiger partial charge on any atom is -0.394 e. The van der Waals surface area contributed by atoms with E-state index in [0.717, 1.165) is 23.2 Å². The second-order valence-corrected chi connectivity index (χ2v) is 14.4. The molecule has 3 aliphatic rings. The SMILES string of the molecule is C=CCN(C)C(=O)[C@@H]1[C@H]2C(=O)N([C@@H](CO)CC(C)C)C(C(=O)N(CC=C)c3cc(C)ccc3C)C23CC[C@@]1(C)S3. The maximum atomic E-state index is 14.9. The van der Waals surface area contributed by atoms with Gasteiger partial charge in [0.15, 0.2) is 0 Å². The third-order valence-corrected chi connectivity index (χ3v) is 11.1. The third-order valence-electron chi connectivity index (χ3n) is 9.07. The molecule has 3 aliphatic heterocycles. The van der Waals surface area contributed by atoms with Gasteiger partial charge in [0.25, 0.3) is 5.91 Å².